The van der Waals surface area contributed by atoms with Crippen molar-refractivity contribution in [3.63, 3.8) is 0 Å². The average Bonchev–Trinajstić information content (AvgIpc) is 2.68. The second-order valence-corrected chi connectivity index (χ2v) is 6.00. The molecule has 0 aromatic heterocycles. The van der Waals surface area contributed by atoms with Gasteiger partial charge in [-0.05, 0) is 29.8 Å². The van der Waals surface area contributed by atoms with E-state index in [1.165, 1.54) is 0 Å². The predicted octanol–water partition coefficient (Wildman–Crippen LogP) is 3.59. The summed E-state index contributed by atoms with van der Waals surface area (Å²) in [4.78, 5) is 15.3. The Kier molecular flexibility index (Phi) is 3.94. The number of carbonyl (C=O) groups is 1. The number of thioether (sulfide) groups is 1. The molecule has 2 aromatic carbocycles. The maximum absolute atomic E-state index is 12.4. The van der Waals surface area contributed by atoms with Gasteiger partial charge >= 0.3 is 0 Å². The second kappa shape index (κ2) is 6.02. The van der Waals surface area contributed by atoms with Crippen LogP contribution in [0.25, 0.3) is 0 Å². The van der Waals surface area contributed by atoms with E-state index in [0.29, 0.717) is 18.5 Å². The smallest absolute Gasteiger partial charge is 0.228 e. The topological polar surface area (TPSA) is 44.1 Å². The molecule has 0 saturated heterocycles. The first-order chi connectivity index (χ1) is 10.3. The summed E-state index contributed by atoms with van der Waals surface area (Å²) in [6.45, 7) is 0.506. The molecular weight excluding hydrogens is 280 g/mol. The summed E-state index contributed by atoms with van der Waals surface area (Å²) in [6.07, 6.45) is 0.539. The summed E-state index contributed by atoms with van der Waals surface area (Å²) in [5.74, 6) is 0.944. The third-order valence-corrected chi connectivity index (χ3v) is 4.49. The molecule has 0 aliphatic carbocycles. The summed E-state index contributed by atoms with van der Waals surface area (Å²) in [5, 5.41) is 8.99. The Hall–Kier alpha value is -2.25. The molecule has 0 fully saturated rings. The molecule has 4 heteroatoms. The number of carbonyl (C=O) groups excluding carboxylic acids is 1. The van der Waals surface area contributed by atoms with Gasteiger partial charge in [0, 0.05) is 17.1 Å². The Morgan fingerprint density at radius 2 is 2.05 bits per heavy atom. The lowest BCUT2D eigenvalue weighted by Gasteiger charge is -2.22. The van der Waals surface area contributed by atoms with E-state index in [1.54, 1.807) is 17.8 Å². The van der Waals surface area contributed by atoms with Crippen LogP contribution in [-0.2, 0) is 11.3 Å². The van der Waals surface area contributed by atoms with Crippen molar-refractivity contribution in [3.05, 3.63) is 59.7 Å². The average molecular weight is 294 g/mol. The molecular formula is C17H14N2OS. The molecule has 1 aliphatic heterocycles. The van der Waals surface area contributed by atoms with Crippen LogP contribution < -0.4 is 4.90 Å². The lowest BCUT2D eigenvalue weighted by atomic mass is 10.1. The van der Waals surface area contributed by atoms with Crippen molar-refractivity contribution in [2.24, 2.45) is 0 Å². The minimum absolute atomic E-state index is 0.134. The lowest BCUT2D eigenvalue weighted by Crippen LogP contribution is -2.29. The van der Waals surface area contributed by atoms with Crippen molar-refractivity contribution in [1.29, 1.82) is 5.26 Å². The first kappa shape index (κ1) is 13.7. The van der Waals surface area contributed by atoms with Gasteiger partial charge in [-0.3, -0.25) is 4.79 Å². The molecule has 1 aliphatic rings. The molecule has 0 saturated carbocycles. The first-order valence-electron chi connectivity index (χ1n) is 6.79. The van der Waals surface area contributed by atoms with Crippen molar-refractivity contribution in [2.45, 2.75) is 17.9 Å². The molecule has 2 aromatic rings. The molecule has 0 radical (unpaired) electrons. The maximum Gasteiger partial charge on any atom is 0.228 e. The number of hydrogen-bond acceptors (Lipinski definition) is 3. The monoisotopic (exact) mass is 294 g/mol. The van der Waals surface area contributed by atoms with Gasteiger partial charge in [-0.2, -0.15) is 5.26 Å². The van der Waals surface area contributed by atoms with Gasteiger partial charge in [-0.1, -0.05) is 24.3 Å². The Balaban J connectivity index is 1.96. The molecule has 3 rings (SSSR count). The van der Waals surface area contributed by atoms with Crippen LogP contribution in [0, 0.1) is 11.3 Å². The van der Waals surface area contributed by atoms with E-state index in [9.17, 15) is 4.79 Å². The normalized spacial score (nSPS) is 14.2. The first-order valence-corrected chi connectivity index (χ1v) is 7.78. The van der Waals surface area contributed by atoms with Crippen LogP contribution >= 0.6 is 11.8 Å². The van der Waals surface area contributed by atoms with Gasteiger partial charge in [0.05, 0.1) is 23.9 Å². The van der Waals surface area contributed by atoms with Crippen molar-refractivity contribution in [2.75, 3.05) is 10.7 Å². The number of amides is 1. The van der Waals surface area contributed by atoms with Crippen LogP contribution in [0.4, 0.5) is 5.69 Å². The van der Waals surface area contributed by atoms with E-state index in [-0.39, 0.29) is 5.91 Å². The minimum atomic E-state index is 0.134. The Labute approximate surface area is 128 Å². The molecule has 1 amide bonds. The number of para-hydroxylation sites is 1. The maximum atomic E-state index is 12.4. The van der Waals surface area contributed by atoms with Gasteiger partial charge in [0.15, 0.2) is 0 Å². The highest BCUT2D eigenvalue weighted by molar-refractivity contribution is 7.99. The minimum Gasteiger partial charge on any atom is -0.307 e. The summed E-state index contributed by atoms with van der Waals surface area (Å²) < 4.78 is 0. The number of fused-ring (bicyclic) bond motifs is 1. The summed E-state index contributed by atoms with van der Waals surface area (Å²) >= 11 is 1.72. The van der Waals surface area contributed by atoms with Crippen LogP contribution in [0.3, 0.4) is 0 Å². The van der Waals surface area contributed by atoms with Gasteiger partial charge in [-0.15, -0.1) is 11.8 Å². The van der Waals surface area contributed by atoms with E-state index >= 15 is 0 Å². The van der Waals surface area contributed by atoms with Crippen molar-refractivity contribution in [1.82, 2.24) is 0 Å². The number of rotatable bonds is 2. The van der Waals surface area contributed by atoms with Gasteiger partial charge < -0.3 is 4.90 Å². The van der Waals surface area contributed by atoms with Crippen LogP contribution in [0.2, 0.25) is 0 Å². The summed E-state index contributed by atoms with van der Waals surface area (Å²) in [5.41, 5.74) is 2.56. The Morgan fingerprint density at radius 3 is 2.90 bits per heavy atom. The quantitative estimate of drug-likeness (QED) is 0.850. The highest BCUT2D eigenvalue weighted by Gasteiger charge is 2.22. The standard InChI is InChI=1S/C17H14N2OS/c18-11-13-4-3-5-14(10-13)12-19-15-6-1-2-7-16(15)21-9-8-17(19)20/h1-7,10H,8-9,12H2. The molecule has 0 unspecified atom stereocenters. The number of nitriles is 1. The van der Waals surface area contributed by atoms with E-state index in [0.717, 1.165) is 21.9 Å². The lowest BCUT2D eigenvalue weighted by molar-refractivity contribution is -0.118. The van der Waals surface area contributed by atoms with E-state index in [4.69, 9.17) is 5.26 Å². The number of nitrogens with zero attached hydrogens (tertiary/aromatic N) is 2. The molecule has 3 nitrogen and oxygen atoms in total. The second-order valence-electron chi connectivity index (χ2n) is 4.86. The van der Waals surface area contributed by atoms with E-state index in [2.05, 4.69) is 12.1 Å². The summed E-state index contributed by atoms with van der Waals surface area (Å²) in [7, 11) is 0. The van der Waals surface area contributed by atoms with Crippen LogP contribution in [0.15, 0.2) is 53.4 Å². The van der Waals surface area contributed by atoms with Crippen LogP contribution in [-0.4, -0.2) is 11.7 Å². The number of hydrogen-bond donors (Lipinski definition) is 0. The van der Waals surface area contributed by atoms with Gasteiger partial charge in [0.1, 0.15) is 0 Å². The molecule has 0 spiro atoms. The molecule has 0 N–H and O–H groups in total. The molecule has 0 atom stereocenters. The zero-order valence-corrected chi connectivity index (χ0v) is 12.3. The molecule has 1 heterocycles. The summed E-state index contributed by atoms with van der Waals surface area (Å²) in [6, 6.07) is 17.6. The number of anilines is 1. The van der Waals surface area contributed by atoms with Crippen molar-refractivity contribution >= 4 is 23.4 Å². The highest BCUT2D eigenvalue weighted by atomic mass is 32.2. The highest BCUT2D eigenvalue weighted by Crippen LogP contribution is 2.34. The van der Waals surface area contributed by atoms with E-state index in [1.807, 2.05) is 41.3 Å². The van der Waals surface area contributed by atoms with Crippen molar-refractivity contribution < 1.29 is 4.79 Å². The van der Waals surface area contributed by atoms with Crippen LogP contribution in [0.5, 0.6) is 0 Å². The SMILES string of the molecule is N#Cc1cccc(CN2C(=O)CCSc3ccccc32)c1. The zero-order chi connectivity index (χ0) is 14.7. The van der Waals surface area contributed by atoms with Gasteiger partial charge in [0.25, 0.3) is 0 Å². The third-order valence-electron chi connectivity index (χ3n) is 3.43. The zero-order valence-electron chi connectivity index (χ0n) is 11.5. The van der Waals surface area contributed by atoms with Gasteiger partial charge in [-0.25, -0.2) is 0 Å². The Morgan fingerprint density at radius 1 is 1.19 bits per heavy atom. The van der Waals surface area contributed by atoms with Gasteiger partial charge in [0.2, 0.25) is 5.91 Å². The molecule has 21 heavy (non-hydrogen) atoms. The fourth-order valence-corrected chi connectivity index (χ4v) is 3.41. The fraction of sp³-hybridized carbons (Fsp3) is 0.176. The van der Waals surface area contributed by atoms with Crippen molar-refractivity contribution in [3.8, 4) is 6.07 Å². The molecule has 0 bridgehead atoms. The Bertz CT molecular complexity index is 721. The largest absolute Gasteiger partial charge is 0.307 e. The number of benzene rings is 2. The van der Waals surface area contributed by atoms with E-state index < -0.39 is 0 Å². The predicted molar refractivity (Wildman–Crippen MR) is 84.1 cm³/mol. The molecule has 104 valence electrons. The third kappa shape index (κ3) is 2.93. The fourth-order valence-electron chi connectivity index (χ4n) is 2.41. The van der Waals surface area contributed by atoms with Crippen LogP contribution in [0.1, 0.15) is 17.5 Å².